The van der Waals surface area contributed by atoms with E-state index in [-0.39, 0.29) is 18.2 Å². The van der Waals surface area contributed by atoms with Crippen molar-refractivity contribution in [2.24, 2.45) is 0 Å². The van der Waals surface area contributed by atoms with Crippen LogP contribution >= 0.6 is 12.4 Å². The number of hydrogen-bond acceptors (Lipinski definition) is 1. The maximum Gasteiger partial charge on any atom is 0.125 e. The van der Waals surface area contributed by atoms with E-state index in [1.807, 2.05) is 0 Å². The Morgan fingerprint density at radius 1 is 1.33 bits per heavy atom. The fraction of sp³-hybridized carbons (Fsp3) is 0.333. The van der Waals surface area contributed by atoms with Gasteiger partial charge in [0.15, 0.2) is 0 Å². The minimum atomic E-state index is -0.244. The first-order chi connectivity index (χ1) is 5.27. The van der Waals surface area contributed by atoms with Crippen LogP contribution < -0.4 is 5.73 Å². The van der Waals surface area contributed by atoms with Gasteiger partial charge in [-0.25, -0.2) is 4.39 Å². The third-order valence-electron chi connectivity index (χ3n) is 2.07. The fourth-order valence-corrected chi connectivity index (χ4v) is 1.31. The highest BCUT2D eigenvalue weighted by atomic mass is 35.5. The smallest absolute Gasteiger partial charge is 0.125 e. The fourth-order valence-electron chi connectivity index (χ4n) is 1.31. The monoisotopic (exact) mass is 187 g/mol. The summed E-state index contributed by atoms with van der Waals surface area (Å²) in [5.41, 5.74) is 7.34. The zero-order valence-corrected chi connectivity index (χ0v) is 7.40. The van der Waals surface area contributed by atoms with Gasteiger partial charge in [-0.05, 0) is 36.5 Å². The van der Waals surface area contributed by atoms with Gasteiger partial charge in [-0.15, -0.1) is 12.4 Å². The van der Waals surface area contributed by atoms with Crippen LogP contribution in [-0.4, -0.2) is 0 Å². The molecule has 1 aliphatic carbocycles. The number of hydrogen-bond donors (Lipinski definition) is 1. The second kappa shape index (κ2) is 3.31. The second-order valence-electron chi connectivity index (χ2n) is 3.05. The van der Waals surface area contributed by atoms with Crippen molar-refractivity contribution in [2.75, 3.05) is 5.73 Å². The molecule has 0 spiro atoms. The van der Waals surface area contributed by atoms with Gasteiger partial charge < -0.3 is 5.73 Å². The van der Waals surface area contributed by atoms with Crippen LogP contribution in [-0.2, 0) is 0 Å². The summed E-state index contributed by atoms with van der Waals surface area (Å²) in [7, 11) is 0. The molecule has 0 atom stereocenters. The summed E-state index contributed by atoms with van der Waals surface area (Å²) in [5.74, 6) is 0.363. The highest BCUT2D eigenvalue weighted by molar-refractivity contribution is 5.85. The number of rotatable bonds is 1. The lowest BCUT2D eigenvalue weighted by Gasteiger charge is -2.01. The van der Waals surface area contributed by atoms with Crippen LogP contribution in [0.1, 0.15) is 24.3 Å². The lowest BCUT2D eigenvalue weighted by molar-refractivity contribution is 0.628. The molecule has 0 aromatic heterocycles. The Labute approximate surface area is 77.2 Å². The maximum absolute atomic E-state index is 12.6. The van der Waals surface area contributed by atoms with Gasteiger partial charge in [-0.3, -0.25) is 0 Å². The van der Waals surface area contributed by atoms with Crippen LogP contribution in [0.5, 0.6) is 0 Å². The SMILES string of the molecule is Cl.Nc1cc(F)ccc1C1CC1. The summed E-state index contributed by atoms with van der Waals surface area (Å²) >= 11 is 0. The Bertz CT molecular complexity index is 284. The molecule has 0 radical (unpaired) electrons. The molecular weight excluding hydrogens is 177 g/mol. The van der Waals surface area contributed by atoms with Gasteiger partial charge in [-0.1, -0.05) is 6.07 Å². The lowest BCUT2D eigenvalue weighted by Crippen LogP contribution is -1.92. The molecule has 12 heavy (non-hydrogen) atoms. The third kappa shape index (κ3) is 1.69. The molecule has 1 aromatic rings. The third-order valence-corrected chi connectivity index (χ3v) is 2.07. The molecule has 1 aromatic carbocycles. The molecule has 1 aliphatic rings. The van der Waals surface area contributed by atoms with E-state index in [2.05, 4.69) is 0 Å². The maximum atomic E-state index is 12.6. The number of halogens is 2. The van der Waals surface area contributed by atoms with Crippen molar-refractivity contribution in [1.82, 2.24) is 0 Å². The predicted octanol–water partition coefficient (Wildman–Crippen LogP) is 2.71. The number of nitrogens with two attached hydrogens (primary N) is 1. The Kier molecular flexibility index (Phi) is 2.58. The molecule has 2 N–H and O–H groups in total. The Morgan fingerprint density at radius 2 is 2.00 bits per heavy atom. The molecule has 0 heterocycles. The Morgan fingerprint density at radius 3 is 2.50 bits per heavy atom. The van der Waals surface area contributed by atoms with Gasteiger partial charge in [0.05, 0.1) is 0 Å². The van der Waals surface area contributed by atoms with Crippen molar-refractivity contribution in [3.63, 3.8) is 0 Å². The standard InChI is InChI=1S/C9H10FN.ClH/c10-7-3-4-8(6-1-2-6)9(11)5-7;/h3-6H,1-2,11H2;1H. The zero-order chi connectivity index (χ0) is 7.84. The highest BCUT2D eigenvalue weighted by Crippen LogP contribution is 2.42. The first-order valence-corrected chi connectivity index (χ1v) is 3.82. The van der Waals surface area contributed by atoms with Crippen molar-refractivity contribution in [3.05, 3.63) is 29.6 Å². The molecule has 3 heteroatoms. The van der Waals surface area contributed by atoms with E-state index < -0.39 is 0 Å². The quantitative estimate of drug-likeness (QED) is 0.673. The Hall–Kier alpha value is -0.760. The minimum absolute atomic E-state index is 0. The van der Waals surface area contributed by atoms with Crippen LogP contribution in [0.3, 0.4) is 0 Å². The zero-order valence-electron chi connectivity index (χ0n) is 6.59. The van der Waals surface area contributed by atoms with Crippen LogP contribution in [0.15, 0.2) is 18.2 Å². The van der Waals surface area contributed by atoms with E-state index in [4.69, 9.17) is 5.73 Å². The van der Waals surface area contributed by atoms with E-state index in [0.717, 1.165) is 5.56 Å². The van der Waals surface area contributed by atoms with Crippen molar-refractivity contribution in [1.29, 1.82) is 0 Å². The summed E-state index contributed by atoms with van der Waals surface area (Å²) < 4.78 is 12.6. The van der Waals surface area contributed by atoms with Gasteiger partial charge in [0.1, 0.15) is 5.82 Å². The molecule has 1 fully saturated rings. The molecular formula is C9H11ClFN. The Balaban J connectivity index is 0.000000720. The summed E-state index contributed by atoms with van der Waals surface area (Å²) in [6.45, 7) is 0. The molecule has 0 aliphatic heterocycles. The van der Waals surface area contributed by atoms with E-state index in [0.29, 0.717) is 11.6 Å². The van der Waals surface area contributed by atoms with Crippen LogP contribution in [0.4, 0.5) is 10.1 Å². The topological polar surface area (TPSA) is 26.0 Å². The van der Waals surface area contributed by atoms with Crippen molar-refractivity contribution in [3.8, 4) is 0 Å². The molecule has 0 amide bonds. The van der Waals surface area contributed by atoms with Gasteiger partial charge in [0.2, 0.25) is 0 Å². The molecule has 66 valence electrons. The van der Waals surface area contributed by atoms with E-state index >= 15 is 0 Å². The summed E-state index contributed by atoms with van der Waals surface area (Å²) in [6, 6.07) is 4.67. The number of anilines is 1. The molecule has 1 nitrogen and oxygen atoms in total. The largest absolute Gasteiger partial charge is 0.398 e. The number of nitrogen functional groups attached to an aromatic ring is 1. The van der Waals surface area contributed by atoms with E-state index in [1.165, 1.54) is 25.0 Å². The summed E-state index contributed by atoms with van der Waals surface area (Å²) in [6.07, 6.45) is 2.41. The average Bonchev–Trinajstić information content (AvgIpc) is 2.70. The van der Waals surface area contributed by atoms with E-state index in [9.17, 15) is 4.39 Å². The lowest BCUT2D eigenvalue weighted by atomic mass is 10.1. The molecule has 0 bridgehead atoms. The van der Waals surface area contributed by atoms with Crippen molar-refractivity contribution < 1.29 is 4.39 Å². The van der Waals surface area contributed by atoms with Crippen molar-refractivity contribution >= 4 is 18.1 Å². The van der Waals surface area contributed by atoms with Crippen LogP contribution in [0.25, 0.3) is 0 Å². The average molecular weight is 188 g/mol. The van der Waals surface area contributed by atoms with Crippen molar-refractivity contribution in [2.45, 2.75) is 18.8 Å². The predicted molar refractivity (Wildman–Crippen MR) is 50.0 cm³/mol. The molecule has 0 unspecified atom stereocenters. The van der Waals surface area contributed by atoms with Crippen LogP contribution in [0, 0.1) is 5.82 Å². The van der Waals surface area contributed by atoms with E-state index in [1.54, 1.807) is 6.07 Å². The normalized spacial score (nSPS) is 15.4. The van der Waals surface area contributed by atoms with Gasteiger partial charge in [0.25, 0.3) is 0 Å². The summed E-state index contributed by atoms with van der Waals surface area (Å²) in [4.78, 5) is 0. The molecule has 1 saturated carbocycles. The number of benzene rings is 1. The molecule has 0 saturated heterocycles. The van der Waals surface area contributed by atoms with Gasteiger partial charge in [0, 0.05) is 5.69 Å². The van der Waals surface area contributed by atoms with Crippen LogP contribution in [0.2, 0.25) is 0 Å². The first-order valence-electron chi connectivity index (χ1n) is 3.82. The highest BCUT2D eigenvalue weighted by Gasteiger charge is 2.25. The first kappa shape index (κ1) is 9.33. The summed E-state index contributed by atoms with van der Waals surface area (Å²) in [5, 5.41) is 0. The molecule has 2 rings (SSSR count). The minimum Gasteiger partial charge on any atom is -0.398 e. The second-order valence-corrected chi connectivity index (χ2v) is 3.05. The van der Waals surface area contributed by atoms with Gasteiger partial charge in [-0.2, -0.15) is 0 Å². The van der Waals surface area contributed by atoms with Gasteiger partial charge >= 0.3 is 0 Å².